The van der Waals surface area contributed by atoms with Crippen molar-refractivity contribution in [2.45, 2.75) is 46.7 Å². The molecule has 7 heteroatoms. The number of anilines is 1. The third kappa shape index (κ3) is 6.91. The fourth-order valence-electron chi connectivity index (χ4n) is 1.90. The van der Waals surface area contributed by atoms with Crippen molar-refractivity contribution < 1.29 is 14.3 Å². The Balaban J connectivity index is 2.77. The third-order valence-electron chi connectivity index (χ3n) is 3.89. The minimum atomic E-state index is -0.459. The second kappa shape index (κ2) is 9.76. The van der Waals surface area contributed by atoms with Crippen molar-refractivity contribution in [2.75, 3.05) is 12.4 Å². The second-order valence-corrected chi connectivity index (χ2v) is 6.59. The van der Waals surface area contributed by atoms with Gasteiger partial charge in [-0.2, -0.15) is 0 Å². The number of esters is 1. The zero-order valence-electron chi connectivity index (χ0n) is 15.7. The van der Waals surface area contributed by atoms with E-state index in [9.17, 15) is 9.59 Å². The van der Waals surface area contributed by atoms with Crippen LogP contribution in [-0.4, -0.2) is 41.0 Å². The lowest BCUT2D eigenvalue weighted by Crippen LogP contribution is -2.47. The summed E-state index contributed by atoms with van der Waals surface area (Å²) in [7, 11) is 1.31. The van der Waals surface area contributed by atoms with Crippen molar-refractivity contribution in [3.63, 3.8) is 0 Å². The number of carbonyl (C=O) groups is 2. The SMILES string of the molecule is COC(=O)/C=C/c1cnc(N[C@@H](C(=O)N[C@@H](C)C(C)C)C(C)C)cn1. The van der Waals surface area contributed by atoms with Crippen LogP contribution in [0.25, 0.3) is 6.08 Å². The summed E-state index contributed by atoms with van der Waals surface area (Å²) < 4.78 is 4.52. The highest BCUT2D eigenvalue weighted by atomic mass is 16.5. The first-order chi connectivity index (χ1) is 11.7. The number of hydrogen-bond acceptors (Lipinski definition) is 6. The zero-order valence-corrected chi connectivity index (χ0v) is 15.7. The molecule has 0 unspecified atom stereocenters. The minimum Gasteiger partial charge on any atom is -0.466 e. The van der Waals surface area contributed by atoms with E-state index in [0.717, 1.165) is 0 Å². The Morgan fingerprint density at radius 1 is 1.08 bits per heavy atom. The van der Waals surface area contributed by atoms with E-state index in [1.165, 1.54) is 31.7 Å². The molecular formula is C18H28N4O3. The summed E-state index contributed by atoms with van der Waals surface area (Å²) in [5.74, 6) is 0.422. The summed E-state index contributed by atoms with van der Waals surface area (Å²) in [6.07, 6.45) is 5.84. The Morgan fingerprint density at radius 3 is 2.24 bits per heavy atom. The number of methoxy groups -OCH3 is 1. The quantitative estimate of drug-likeness (QED) is 0.553. The van der Waals surface area contributed by atoms with Gasteiger partial charge in [-0.15, -0.1) is 0 Å². The van der Waals surface area contributed by atoms with E-state index in [1.807, 2.05) is 20.8 Å². The average Bonchev–Trinajstić information content (AvgIpc) is 2.57. The number of nitrogens with one attached hydrogen (secondary N) is 2. The van der Waals surface area contributed by atoms with E-state index in [2.05, 4.69) is 39.2 Å². The molecule has 0 aromatic carbocycles. The van der Waals surface area contributed by atoms with Gasteiger partial charge in [0.25, 0.3) is 0 Å². The van der Waals surface area contributed by atoms with Gasteiger partial charge < -0.3 is 15.4 Å². The number of amides is 1. The summed E-state index contributed by atoms with van der Waals surface area (Å²) >= 11 is 0. The molecule has 0 saturated carbocycles. The molecule has 0 bridgehead atoms. The Bertz CT molecular complexity index is 597. The lowest BCUT2D eigenvalue weighted by molar-refractivity contribution is -0.134. The van der Waals surface area contributed by atoms with Gasteiger partial charge in [0.05, 0.1) is 25.2 Å². The molecule has 25 heavy (non-hydrogen) atoms. The van der Waals surface area contributed by atoms with E-state index in [4.69, 9.17) is 0 Å². The van der Waals surface area contributed by atoms with Gasteiger partial charge in [0.1, 0.15) is 11.9 Å². The maximum absolute atomic E-state index is 12.5. The molecular weight excluding hydrogens is 320 g/mol. The van der Waals surface area contributed by atoms with Crippen molar-refractivity contribution in [1.82, 2.24) is 15.3 Å². The van der Waals surface area contributed by atoms with Crippen LogP contribution in [0.4, 0.5) is 5.82 Å². The first-order valence-corrected chi connectivity index (χ1v) is 8.39. The zero-order chi connectivity index (χ0) is 19.0. The average molecular weight is 348 g/mol. The molecule has 0 aliphatic heterocycles. The smallest absolute Gasteiger partial charge is 0.330 e. The van der Waals surface area contributed by atoms with Crippen LogP contribution in [0.3, 0.4) is 0 Å². The first kappa shape index (κ1) is 20.6. The summed E-state index contributed by atoms with van der Waals surface area (Å²) in [5, 5.41) is 6.14. The fourth-order valence-corrected chi connectivity index (χ4v) is 1.90. The van der Waals surface area contributed by atoms with Crippen LogP contribution >= 0.6 is 0 Å². The van der Waals surface area contributed by atoms with Gasteiger partial charge in [-0.05, 0) is 24.8 Å². The first-order valence-electron chi connectivity index (χ1n) is 8.39. The number of nitrogens with zero attached hydrogens (tertiary/aromatic N) is 2. The molecule has 0 fully saturated rings. The van der Waals surface area contributed by atoms with E-state index < -0.39 is 12.0 Å². The molecule has 2 atom stereocenters. The minimum absolute atomic E-state index is 0.0623. The molecule has 1 heterocycles. The number of rotatable bonds is 8. The molecule has 1 amide bonds. The molecule has 0 aliphatic rings. The molecule has 1 rings (SSSR count). The summed E-state index contributed by atoms with van der Waals surface area (Å²) in [5.41, 5.74) is 0.523. The van der Waals surface area contributed by atoms with Crippen molar-refractivity contribution in [3.8, 4) is 0 Å². The normalized spacial score (nSPS) is 13.8. The number of hydrogen-bond donors (Lipinski definition) is 2. The van der Waals surface area contributed by atoms with Gasteiger partial charge in [-0.25, -0.2) is 9.78 Å². The maximum Gasteiger partial charge on any atom is 0.330 e. The number of ether oxygens (including phenoxy) is 1. The fraction of sp³-hybridized carbons (Fsp3) is 0.556. The van der Waals surface area contributed by atoms with E-state index in [0.29, 0.717) is 17.4 Å². The Kier molecular flexibility index (Phi) is 8.04. The van der Waals surface area contributed by atoms with Crippen molar-refractivity contribution >= 4 is 23.8 Å². The van der Waals surface area contributed by atoms with Crippen molar-refractivity contribution in [2.24, 2.45) is 11.8 Å². The predicted octanol–water partition coefficient (Wildman–Crippen LogP) is 2.26. The number of aromatic nitrogens is 2. The number of carbonyl (C=O) groups excluding carboxylic acids is 2. The van der Waals surface area contributed by atoms with Crippen molar-refractivity contribution in [3.05, 3.63) is 24.2 Å². The predicted molar refractivity (Wildman–Crippen MR) is 97.8 cm³/mol. The van der Waals surface area contributed by atoms with Gasteiger partial charge in [-0.1, -0.05) is 27.7 Å². The Morgan fingerprint density at radius 2 is 1.76 bits per heavy atom. The van der Waals surface area contributed by atoms with Crippen LogP contribution in [0.2, 0.25) is 0 Å². The highest BCUT2D eigenvalue weighted by Gasteiger charge is 2.24. The molecule has 7 nitrogen and oxygen atoms in total. The Hall–Kier alpha value is -2.44. The van der Waals surface area contributed by atoms with E-state index in [1.54, 1.807) is 0 Å². The van der Waals surface area contributed by atoms with Gasteiger partial charge in [-0.3, -0.25) is 9.78 Å². The van der Waals surface area contributed by atoms with Crippen LogP contribution in [-0.2, 0) is 14.3 Å². The molecule has 0 radical (unpaired) electrons. The van der Waals surface area contributed by atoms with Gasteiger partial charge in [0.2, 0.25) is 5.91 Å². The van der Waals surface area contributed by atoms with Crippen LogP contribution in [0.15, 0.2) is 18.5 Å². The van der Waals surface area contributed by atoms with Gasteiger partial charge >= 0.3 is 5.97 Å². The summed E-state index contributed by atoms with van der Waals surface area (Å²) in [4.78, 5) is 32.0. The molecule has 2 N–H and O–H groups in total. The summed E-state index contributed by atoms with van der Waals surface area (Å²) in [6.45, 7) is 10.1. The van der Waals surface area contributed by atoms with E-state index >= 15 is 0 Å². The largest absolute Gasteiger partial charge is 0.466 e. The lowest BCUT2D eigenvalue weighted by Gasteiger charge is -2.25. The van der Waals surface area contributed by atoms with Crippen molar-refractivity contribution in [1.29, 1.82) is 0 Å². The summed E-state index contributed by atoms with van der Waals surface area (Å²) in [6, 6.07) is -0.320. The maximum atomic E-state index is 12.5. The molecule has 1 aromatic heterocycles. The monoisotopic (exact) mass is 348 g/mol. The van der Waals surface area contributed by atoms with Gasteiger partial charge in [0, 0.05) is 12.1 Å². The molecule has 0 saturated heterocycles. The van der Waals surface area contributed by atoms with Crippen LogP contribution in [0, 0.1) is 11.8 Å². The van der Waals surface area contributed by atoms with Crippen LogP contribution in [0.5, 0.6) is 0 Å². The molecule has 1 aromatic rings. The molecule has 138 valence electrons. The molecule has 0 aliphatic carbocycles. The second-order valence-electron chi connectivity index (χ2n) is 6.59. The van der Waals surface area contributed by atoms with E-state index in [-0.39, 0.29) is 17.9 Å². The standard InChI is InChI=1S/C18H28N4O3/c1-11(2)13(5)21-18(24)17(12(3)4)22-15-10-19-14(9-20-15)7-8-16(23)25-6/h7-13,17H,1-6H3,(H,20,22)(H,21,24)/b8-7+/t13-,17+/m0/s1. The third-order valence-corrected chi connectivity index (χ3v) is 3.89. The van der Waals surface area contributed by atoms with Crippen LogP contribution < -0.4 is 10.6 Å². The highest BCUT2D eigenvalue weighted by molar-refractivity contribution is 5.86. The molecule has 0 spiro atoms. The van der Waals surface area contributed by atoms with Gasteiger partial charge in [0.15, 0.2) is 0 Å². The highest BCUT2D eigenvalue weighted by Crippen LogP contribution is 2.12. The lowest BCUT2D eigenvalue weighted by atomic mass is 10.0. The van der Waals surface area contributed by atoms with Crippen LogP contribution in [0.1, 0.15) is 40.3 Å². The topological polar surface area (TPSA) is 93.2 Å². The Labute approximate surface area is 149 Å².